The predicted molar refractivity (Wildman–Crippen MR) is 55.3 cm³/mol. The Bertz CT molecular complexity index is 260. The number of aromatic nitrogens is 1. The number of allylic oxidation sites excluding steroid dienone is 1. The SMILES string of the molecule is C1=Cc2sncc2N=CC1.CC. The van der Waals surface area contributed by atoms with Gasteiger partial charge in [0.1, 0.15) is 5.69 Å². The van der Waals surface area contributed by atoms with Crippen LogP contribution in [0.15, 0.2) is 17.3 Å². The van der Waals surface area contributed by atoms with Crippen molar-refractivity contribution < 1.29 is 0 Å². The van der Waals surface area contributed by atoms with Crippen LogP contribution in [-0.4, -0.2) is 10.6 Å². The summed E-state index contributed by atoms with van der Waals surface area (Å²) in [5.41, 5.74) is 0.999. The monoisotopic (exact) mass is 180 g/mol. The van der Waals surface area contributed by atoms with E-state index in [1.165, 1.54) is 11.5 Å². The Kier molecular flexibility index (Phi) is 3.67. The van der Waals surface area contributed by atoms with Crippen molar-refractivity contribution in [1.29, 1.82) is 0 Å². The Labute approximate surface area is 76.8 Å². The Hall–Kier alpha value is -0.960. The lowest BCUT2D eigenvalue weighted by Crippen LogP contribution is -1.63. The quantitative estimate of drug-likeness (QED) is 0.601. The van der Waals surface area contributed by atoms with Gasteiger partial charge in [-0.25, -0.2) is 0 Å². The normalized spacial score (nSPS) is 12.8. The predicted octanol–water partition coefficient (Wildman–Crippen LogP) is 3.29. The van der Waals surface area contributed by atoms with Crippen molar-refractivity contribution in [2.24, 2.45) is 4.99 Å². The largest absolute Gasteiger partial charge is 0.258 e. The Morgan fingerprint density at radius 1 is 1.42 bits per heavy atom. The number of aliphatic imine (C=N–C) groups is 1. The molecule has 1 aliphatic heterocycles. The van der Waals surface area contributed by atoms with Gasteiger partial charge in [0, 0.05) is 12.6 Å². The van der Waals surface area contributed by atoms with Crippen molar-refractivity contribution in [2.75, 3.05) is 0 Å². The van der Waals surface area contributed by atoms with E-state index in [1.54, 1.807) is 6.20 Å². The van der Waals surface area contributed by atoms with Crippen LogP contribution in [0.3, 0.4) is 0 Å². The third-order valence-electron chi connectivity index (χ3n) is 1.32. The van der Waals surface area contributed by atoms with E-state index in [-0.39, 0.29) is 0 Å². The summed E-state index contributed by atoms with van der Waals surface area (Å²) < 4.78 is 4.02. The first-order valence-electron chi connectivity index (χ1n) is 4.10. The van der Waals surface area contributed by atoms with Crippen LogP contribution in [0.1, 0.15) is 25.1 Å². The van der Waals surface area contributed by atoms with Gasteiger partial charge >= 0.3 is 0 Å². The van der Waals surface area contributed by atoms with Crippen LogP contribution in [0.5, 0.6) is 0 Å². The zero-order chi connectivity index (χ0) is 8.81. The van der Waals surface area contributed by atoms with Gasteiger partial charge in [-0.1, -0.05) is 19.9 Å². The summed E-state index contributed by atoms with van der Waals surface area (Å²) in [7, 11) is 0. The number of hydrogen-bond donors (Lipinski definition) is 0. The smallest absolute Gasteiger partial charge is 0.101 e. The molecule has 0 radical (unpaired) electrons. The van der Waals surface area contributed by atoms with E-state index in [1.807, 2.05) is 20.1 Å². The van der Waals surface area contributed by atoms with Crippen LogP contribution in [0.4, 0.5) is 5.69 Å². The Morgan fingerprint density at radius 2 is 2.25 bits per heavy atom. The van der Waals surface area contributed by atoms with Crippen LogP contribution < -0.4 is 0 Å². The molecule has 2 rings (SSSR count). The minimum absolute atomic E-state index is 0.932. The molecule has 2 heterocycles. The first-order chi connectivity index (χ1) is 5.97. The maximum absolute atomic E-state index is 4.21. The van der Waals surface area contributed by atoms with E-state index in [0.717, 1.165) is 17.0 Å². The second-order valence-corrected chi connectivity index (χ2v) is 2.86. The first kappa shape index (κ1) is 9.13. The van der Waals surface area contributed by atoms with Crippen LogP contribution in [0.25, 0.3) is 6.08 Å². The Balaban J connectivity index is 0.000000336. The van der Waals surface area contributed by atoms with Crippen molar-refractivity contribution in [3.05, 3.63) is 17.2 Å². The van der Waals surface area contributed by atoms with E-state index in [0.29, 0.717) is 0 Å². The van der Waals surface area contributed by atoms with Crippen LogP contribution in [-0.2, 0) is 0 Å². The summed E-state index contributed by atoms with van der Waals surface area (Å²) in [5.74, 6) is 0. The zero-order valence-electron chi connectivity index (χ0n) is 7.32. The molecule has 1 aliphatic rings. The summed E-state index contributed by atoms with van der Waals surface area (Å²) in [6.45, 7) is 4.00. The van der Waals surface area contributed by atoms with Crippen molar-refractivity contribution in [3.63, 3.8) is 0 Å². The highest BCUT2D eigenvalue weighted by Gasteiger charge is 2.00. The summed E-state index contributed by atoms with van der Waals surface area (Å²) in [6, 6.07) is 0. The molecule has 0 aromatic carbocycles. The molecule has 0 saturated carbocycles. The fourth-order valence-electron chi connectivity index (χ4n) is 0.843. The molecule has 0 saturated heterocycles. The highest BCUT2D eigenvalue weighted by atomic mass is 32.1. The lowest BCUT2D eigenvalue weighted by atomic mass is 10.4. The fraction of sp³-hybridized carbons (Fsp3) is 0.333. The average molecular weight is 180 g/mol. The topological polar surface area (TPSA) is 25.2 Å². The van der Waals surface area contributed by atoms with Crippen molar-refractivity contribution in [3.8, 4) is 0 Å². The maximum Gasteiger partial charge on any atom is 0.101 e. The molecule has 3 heteroatoms. The van der Waals surface area contributed by atoms with Gasteiger partial charge in [0.2, 0.25) is 0 Å². The van der Waals surface area contributed by atoms with E-state index < -0.39 is 0 Å². The van der Waals surface area contributed by atoms with Gasteiger partial charge in [0.25, 0.3) is 0 Å². The fourth-order valence-corrected chi connectivity index (χ4v) is 1.47. The standard InChI is InChI=1S/C7H6N2S.C2H6/c1-2-4-8-6-5-9-10-7(6)3-1;1-2/h1,3-5H,2H2;1-2H3. The molecule has 1 aromatic heterocycles. The molecule has 0 N–H and O–H groups in total. The molecule has 0 fully saturated rings. The van der Waals surface area contributed by atoms with E-state index in [9.17, 15) is 0 Å². The molecule has 0 amide bonds. The van der Waals surface area contributed by atoms with E-state index >= 15 is 0 Å². The van der Waals surface area contributed by atoms with Gasteiger partial charge in [-0.2, -0.15) is 4.37 Å². The highest BCUT2D eigenvalue weighted by molar-refractivity contribution is 7.07. The van der Waals surface area contributed by atoms with E-state index in [2.05, 4.69) is 21.5 Å². The number of nitrogens with zero attached hydrogens (tertiary/aromatic N) is 2. The lowest BCUT2D eigenvalue weighted by Gasteiger charge is -1.82. The molecule has 0 bridgehead atoms. The van der Waals surface area contributed by atoms with E-state index in [4.69, 9.17) is 0 Å². The Morgan fingerprint density at radius 3 is 3.08 bits per heavy atom. The molecular formula is C9H12N2S. The van der Waals surface area contributed by atoms with Gasteiger partial charge in [-0.3, -0.25) is 4.99 Å². The minimum atomic E-state index is 0.932. The molecule has 1 aromatic rings. The highest BCUT2D eigenvalue weighted by Crippen LogP contribution is 2.25. The van der Waals surface area contributed by atoms with Crippen LogP contribution in [0.2, 0.25) is 0 Å². The van der Waals surface area contributed by atoms with Gasteiger partial charge in [-0.05, 0) is 17.6 Å². The molecule has 64 valence electrons. The van der Waals surface area contributed by atoms with Crippen LogP contribution in [0, 0.1) is 0 Å². The number of hydrogen-bond acceptors (Lipinski definition) is 3. The second-order valence-electron chi connectivity index (χ2n) is 2.03. The molecule has 0 atom stereocenters. The average Bonchev–Trinajstić information content (AvgIpc) is 2.46. The van der Waals surface area contributed by atoms with Crippen molar-refractivity contribution in [2.45, 2.75) is 20.3 Å². The third kappa shape index (κ3) is 2.01. The molecular weight excluding hydrogens is 168 g/mol. The van der Waals surface area contributed by atoms with Crippen molar-refractivity contribution >= 4 is 29.5 Å². The third-order valence-corrected chi connectivity index (χ3v) is 2.07. The summed E-state index contributed by atoms with van der Waals surface area (Å²) >= 11 is 1.49. The molecule has 2 nitrogen and oxygen atoms in total. The van der Waals surface area contributed by atoms with Crippen molar-refractivity contribution in [1.82, 2.24) is 4.37 Å². The number of rotatable bonds is 0. The summed E-state index contributed by atoms with van der Waals surface area (Å²) in [4.78, 5) is 5.37. The zero-order valence-corrected chi connectivity index (χ0v) is 8.14. The minimum Gasteiger partial charge on any atom is -0.258 e. The first-order valence-corrected chi connectivity index (χ1v) is 4.88. The summed E-state index contributed by atoms with van der Waals surface area (Å²) in [6.07, 6.45) is 8.79. The van der Waals surface area contributed by atoms with Crippen LogP contribution >= 0.6 is 11.5 Å². The van der Waals surface area contributed by atoms with Gasteiger partial charge in [0.15, 0.2) is 0 Å². The lowest BCUT2D eigenvalue weighted by molar-refractivity contribution is 1.47. The second kappa shape index (κ2) is 4.83. The molecule has 0 spiro atoms. The van der Waals surface area contributed by atoms with Gasteiger partial charge in [0.05, 0.1) is 11.1 Å². The number of fused-ring (bicyclic) bond motifs is 1. The summed E-state index contributed by atoms with van der Waals surface area (Å²) in [5, 5.41) is 0. The molecule has 12 heavy (non-hydrogen) atoms. The van der Waals surface area contributed by atoms with Gasteiger partial charge < -0.3 is 0 Å². The molecule has 0 unspecified atom stereocenters. The molecule has 0 aliphatic carbocycles. The maximum atomic E-state index is 4.21. The van der Waals surface area contributed by atoms with Gasteiger partial charge in [-0.15, -0.1) is 0 Å².